The van der Waals surface area contributed by atoms with Gasteiger partial charge in [-0.2, -0.15) is 0 Å². The van der Waals surface area contributed by atoms with Crippen LogP contribution in [0.3, 0.4) is 0 Å². The van der Waals surface area contributed by atoms with E-state index < -0.39 is 0 Å². The molecule has 0 bridgehead atoms. The van der Waals surface area contributed by atoms with Gasteiger partial charge in [0, 0.05) is 4.83 Å². The van der Waals surface area contributed by atoms with Crippen LogP contribution in [0.1, 0.15) is 65.2 Å². The normalized spacial score (nSPS) is 56.2. The fourth-order valence-electron chi connectivity index (χ4n) is 6.58. The molecule has 0 unspecified atom stereocenters. The van der Waals surface area contributed by atoms with Crippen LogP contribution in [-0.2, 0) is 0 Å². The molecule has 3 fully saturated rings. The Morgan fingerprint density at radius 3 is 2.71 bits per heavy atom. The van der Waals surface area contributed by atoms with Gasteiger partial charge in [-0.3, -0.25) is 0 Å². The molecule has 0 aliphatic heterocycles. The number of alkyl halides is 1. The second-order valence-corrected chi connectivity index (χ2v) is 9.85. The minimum absolute atomic E-state index is 0.0758. The van der Waals surface area contributed by atoms with Gasteiger partial charge in [0.1, 0.15) is 0 Å². The Bertz CT molecular complexity index is 472. The van der Waals surface area contributed by atoms with Crippen molar-refractivity contribution >= 4 is 15.9 Å². The SMILES string of the molecule is C[C@]12CC[C@H]3[C@@H](CC=C4C[C@@H](O)CC[C@@]43C)[C@@H]1CC[C@@H]2Br. The fraction of sp³-hybridized carbons (Fsp3) is 0.895. The van der Waals surface area contributed by atoms with Crippen molar-refractivity contribution in [2.24, 2.45) is 28.6 Å². The van der Waals surface area contributed by atoms with Gasteiger partial charge in [-0.05, 0) is 80.0 Å². The van der Waals surface area contributed by atoms with Crippen molar-refractivity contribution < 1.29 is 5.11 Å². The third-order valence-corrected chi connectivity index (χ3v) is 9.47. The molecule has 1 nitrogen and oxygen atoms in total. The minimum Gasteiger partial charge on any atom is -0.393 e. The Morgan fingerprint density at radius 2 is 1.90 bits per heavy atom. The lowest BCUT2D eigenvalue weighted by Gasteiger charge is -2.57. The molecule has 7 atom stereocenters. The average molecular weight is 353 g/mol. The van der Waals surface area contributed by atoms with Gasteiger partial charge in [-0.15, -0.1) is 0 Å². The lowest BCUT2D eigenvalue weighted by molar-refractivity contribution is -0.0342. The molecule has 0 saturated heterocycles. The molecule has 0 spiro atoms. The number of hydrogen-bond donors (Lipinski definition) is 1. The van der Waals surface area contributed by atoms with Gasteiger partial charge in [0.2, 0.25) is 0 Å². The van der Waals surface area contributed by atoms with Crippen molar-refractivity contribution in [2.75, 3.05) is 0 Å². The standard InChI is InChI=1S/C19H29BrO/c1-18-9-7-13(21)11-12(18)3-4-14-15-5-6-17(20)19(15,2)10-8-16(14)18/h3,13-17,21H,4-11H2,1-2H3/t13-,14-,15-,16-,17-,18-,19-/m0/s1. The van der Waals surface area contributed by atoms with Crippen LogP contribution in [0.15, 0.2) is 11.6 Å². The number of aliphatic hydroxyl groups excluding tert-OH is 1. The molecule has 118 valence electrons. The van der Waals surface area contributed by atoms with Gasteiger partial charge in [0.05, 0.1) is 6.10 Å². The summed E-state index contributed by atoms with van der Waals surface area (Å²) in [6.45, 7) is 5.07. The highest BCUT2D eigenvalue weighted by molar-refractivity contribution is 9.09. The summed E-state index contributed by atoms with van der Waals surface area (Å²) in [5, 5.41) is 10.0. The maximum atomic E-state index is 10.0. The smallest absolute Gasteiger partial charge is 0.0577 e. The molecule has 0 amide bonds. The molecule has 4 aliphatic rings. The van der Waals surface area contributed by atoms with Gasteiger partial charge in [-0.1, -0.05) is 41.4 Å². The maximum Gasteiger partial charge on any atom is 0.0577 e. The first-order valence-electron chi connectivity index (χ1n) is 8.97. The van der Waals surface area contributed by atoms with Crippen LogP contribution in [0.4, 0.5) is 0 Å². The summed E-state index contributed by atoms with van der Waals surface area (Å²) in [6.07, 6.45) is 12.5. The molecule has 3 saturated carbocycles. The highest BCUT2D eigenvalue weighted by Crippen LogP contribution is 2.65. The van der Waals surface area contributed by atoms with E-state index in [1.165, 1.54) is 38.5 Å². The Morgan fingerprint density at radius 1 is 1.10 bits per heavy atom. The number of rotatable bonds is 0. The summed E-state index contributed by atoms with van der Waals surface area (Å²) in [4.78, 5) is 0.738. The van der Waals surface area contributed by atoms with Crippen molar-refractivity contribution in [3.63, 3.8) is 0 Å². The summed E-state index contributed by atoms with van der Waals surface area (Å²) in [6, 6.07) is 0. The topological polar surface area (TPSA) is 20.2 Å². The third kappa shape index (κ3) is 1.97. The van der Waals surface area contributed by atoms with Crippen LogP contribution in [0.2, 0.25) is 0 Å². The van der Waals surface area contributed by atoms with Crippen molar-refractivity contribution in [1.29, 1.82) is 0 Å². The highest BCUT2D eigenvalue weighted by Gasteiger charge is 2.58. The first kappa shape index (κ1) is 14.8. The molecule has 1 N–H and O–H groups in total. The monoisotopic (exact) mass is 352 g/mol. The van der Waals surface area contributed by atoms with Crippen LogP contribution in [0.25, 0.3) is 0 Å². The predicted octanol–water partition coefficient (Wildman–Crippen LogP) is 5.07. The summed E-state index contributed by atoms with van der Waals surface area (Å²) < 4.78 is 0. The summed E-state index contributed by atoms with van der Waals surface area (Å²) in [7, 11) is 0. The van der Waals surface area contributed by atoms with E-state index in [2.05, 4.69) is 35.9 Å². The quantitative estimate of drug-likeness (QED) is 0.476. The van der Waals surface area contributed by atoms with Crippen LogP contribution in [-0.4, -0.2) is 16.0 Å². The molecule has 0 aromatic rings. The third-order valence-electron chi connectivity index (χ3n) is 7.96. The Hall–Kier alpha value is 0.180. The molecule has 4 aliphatic carbocycles. The van der Waals surface area contributed by atoms with Crippen molar-refractivity contribution in [3.05, 3.63) is 11.6 Å². The van der Waals surface area contributed by atoms with Crippen molar-refractivity contribution in [2.45, 2.75) is 76.1 Å². The highest BCUT2D eigenvalue weighted by atomic mass is 79.9. The molecule has 0 radical (unpaired) electrons. The Balaban J connectivity index is 1.68. The first-order chi connectivity index (χ1) is 9.95. The van der Waals surface area contributed by atoms with Gasteiger partial charge in [0.15, 0.2) is 0 Å². The minimum atomic E-state index is -0.0758. The molecule has 2 heteroatoms. The zero-order chi connectivity index (χ0) is 14.8. The van der Waals surface area contributed by atoms with Crippen LogP contribution in [0.5, 0.6) is 0 Å². The van der Waals surface area contributed by atoms with E-state index in [-0.39, 0.29) is 6.10 Å². The number of fused-ring (bicyclic) bond motifs is 5. The second kappa shape index (κ2) is 4.84. The number of aliphatic hydroxyl groups is 1. The number of halogens is 1. The number of hydrogen-bond acceptors (Lipinski definition) is 1. The fourth-order valence-corrected chi connectivity index (χ4v) is 7.41. The van der Waals surface area contributed by atoms with E-state index in [1.54, 1.807) is 5.57 Å². The molecule has 0 aromatic heterocycles. The second-order valence-electron chi connectivity index (χ2n) is 8.75. The zero-order valence-electron chi connectivity index (χ0n) is 13.4. The summed E-state index contributed by atoms with van der Waals surface area (Å²) in [5.41, 5.74) is 2.53. The van der Waals surface area contributed by atoms with E-state index in [0.29, 0.717) is 10.8 Å². The lowest BCUT2D eigenvalue weighted by Crippen LogP contribution is -2.50. The van der Waals surface area contributed by atoms with E-state index in [4.69, 9.17) is 0 Å². The van der Waals surface area contributed by atoms with Crippen LogP contribution < -0.4 is 0 Å². The Kier molecular flexibility index (Phi) is 3.40. The van der Waals surface area contributed by atoms with E-state index in [1.807, 2.05) is 0 Å². The van der Waals surface area contributed by atoms with Gasteiger partial charge in [0.25, 0.3) is 0 Å². The molecule has 0 heterocycles. The van der Waals surface area contributed by atoms with Crippen LogP contribution >= 0.6 is 15.9 Å². The molecular weight excluding hydrogens is 324 g/mol. The molecule has 4 rings (SSSR count). The predicted molar refractivity (Wildman–Crippen MR) is 90.4 cm³/mol. The van der Waals surface area contributed by atoms with Crippen molar-refractivity contribution in [3.8, 4) is 0 Å². The Labute approximate surface area is 137 Å². The molecular formula is C19H29BrO. The van der Waals surface area contributed by atoms with Crippen LogP contribution in [0, 0.1) is 28.6 Å². The van der Waals surface area contributed by atoms with E-state index in [9.17, 15) is 5.11 Å². The maximum absolute atomic E-state index is 10.0. The van der Waals surface area contributed by atoms with Gasteiger partial charge in [-0.25, -0.2) is 0 Å². The number of allylic oxidation sites excluding steroid dienone is 1. The largest absolute Gasteiger partial charge is 0.393 e. The lowest BCUT2D eigenvalue weighted by atomic mass is 9.48. The first-order valence-corrected chi connectivity index (χ1v) is 9.88. The summed E-state index contributed by atoms with van der Waals surface area (Å²) in [5.74, 6) is 2.69. The van der Waals surface area contributed by atoms with E-state index >= 15 is 0 Å². The van der Waals surface area contributed by atoms with Gasteiger partial charge < -0.3 is 5.11 Å². The van der Waals surface area contributed by atoms with Gasteiger partial charge >= 0.3 is 0 Å². The summed E-state index contributed by atoms with van der Waals surface area (Å²) >= 11 is 3.99. The van der Waals surface area contributed by atoms with Crippen molar-refractivity contribution in [1.82, 2.24) is 0 Å². The average Bonchev–Trinajstić information content (AvgIpc) is 2.76. The zero-order valence-corrected chi connectivity index (χ0v) is 15.0. The molecule has 0 aromatic carbocycles. The molecule has 21 heavy (non-hydrogen) atoms. The van der Waals surface area contributed by atoms with E-state index in [0.717, 1.165) is 35.4 Å².